The molecule has 1 atom stereocenters. The van der Waals surface area contributed by atoms with Gasteiger partial charge in [-0.3, -0.25) is 0 Å². The monoisotopic (exact) mass is 242 g/mol. The zero-order chi connectivity index (χ0) is 12.1. The maximum Gasteiger partial charge on any atom is 0.121 e. The van der Waals surface area contributed by atoms with Crippen LogP contribution in [0.4, 0.5) is 0 Å². The lowest BCUT2D eigenvalue weighted by molar-refractivity contribution is -0.107. The third kappa shape index (κ3) is 11.8. The first-order valence-corrected chi connectivity index (χ1v) is 7.52. The molecule has 0 amide bonds. The van der Waals surface area contributed by atoms with Crippen LogP contribution < -0.4 is 0 Å². The molecular weight excluding hydrogens is 216 g/mol. The van der Waals surface area contributed by atoms with Gasteiger partial charge in [0.05, 0.1) is 0 Å². The number of allylic oxidation sites excluding steroid dienone is 2. The minimum absolute atomic E-state index is 0.507. The third-order valence-electron chi connectivity index (χ3n) is 2.58. The number of hydrogen-bond acceptors (Lipinski definition) is 2. The quantitative estimate of drug-likeness (QED) is 0.299. The van der Waals surface area contributed by atoms with E-state index < -0.39 is 0 Å². The number of thioether (sulfide) groups is 1. The SMILES string of the molecule is C/C=C\CCCCCCCSC(C)CC=O. The minimum Gasteiger partial charge on any atom is -0.303 e. The number of unbranched alkanes of at least 4 members (excludes halogenated alkanes) is 5. The van der Waals surface area contributed by atoms with Gasteiger partial charge in [-0.25, -0.2) is 0 Å². The van der Waals surface area contributed by atoms with E-state index in [2.05, 4.69) is 26.0 Å². The van der Waals surface area contributed by atoms with Gasteiger partial charge >= 0.3 is 0 Å². The van der Waals surface area contributed by atoms with Crippen molar-refractivity contribution in [2.45, 2.75) is 64.0 Å². The lowest BCUT2D eigenvalue weighted by atomic mass is 10.1. The molecule has 2 heteroatoms. The molecule has 0 aliphatic heterocycles. The van der Waals surface area contributed by atoms with E-state index in [9.17, 15) is 4.79 Å². The van der Waals surface area contributed by atoms with Gasteiger partial charge in [-0.05, 0) is 31.9 Å². The zero-order valence-corrected chi connectivity index (χ0v) is 11.6. The lowest BCUT2D eigenvalue weighted by Crippen LogP contribution is -1.97. The van der Waals surface area contributed by atoms with Crippen LogP contribution in [0.3, 0.4) is 0 Å². The fraction of sp³-hybridized carbons (Fsp3) is 0.786. The van der Waals surface area contributed by atoms with Crippen LogP contribution in [0, 0.1) is 0 Å². The van der Waals surface area contributed by atoms with Crippen LogP contribution >= 0.6 is 11.8 Å². The third-order valence-corrected chi connectivity index (χ3v) is 3.87. The normalized spacial score (nSPS) is 13.1. The minimum atomic E-state index is 0.507. The fourth-order valence-corrected chi connectivity index (χ4v) is 2.54. The first-order valence-electron chi connectivity index (χ1n) is 6.47. The Morgan fingerprint density at radius 1 is 1.12 bits per heavy atom. The molecule has 0 rings (SSSR count). The Kier molecular flexibility index (Phi) is 12.6. The molecule has 0 aromatic heterocycles. The topological polar surface area (TPSA) is 17.1 Å². The van der Waals surface area contributed by atoms with Gasteiger partial charge < -0.3 is 4.79 Å². The summed E-state index contributed by atoms with van der Waals surface area (Å²) in [5.74, 6) is 1.21. The lowest BCUT2D eigenvalue weighted by Gasteiger charge is -2.06. The van der Waals surface area contributed by atoms with Crippen LogP contribution in [-0.2, 0) is 4.79 Å². The summed E-state index contributed by atoms with van der Waals surface area (Å²) >= 11 is 1.93. The van der Waals surface area contributed by atoms with E-state index >= 15 is 0 Å². The molecule has 0 saturated heterocycles. The van der Waals surface area contributed by atoms with Gasteiger partial charge in [-0.15, -0.1) is 0 Å². The summed E-state index contributed by atoms with van der Waals surface area (Å²) in [5.41, 5.74) is 0. The Balaban J connectivity index is 3.06. The molecular formula is C14H26OS. The van der Waals surface area contributed by atoms with Crippen LogP contribution in [0.1, 0.15) is 58.8 Å². The summed E-state index contributed by atoms with van der Waals surface area (Å²) in [6.45, 7) is 4.22. The first kappa shape index (κ1) is 15.8. The number of aldehydes is 1. The maximum atomic E-state index is 10.3. The van der Waals surface area contributed by atoms with Crippen molar-refractivity contribution in [3.05, 3.63) is 12.2 Å². The number of carbonyl (C=O) groups excluding carboxylic acids is 1. The van der Waals surface area contributed by atoms with E-state index in [1.54, 1.807) is 0 Å². The molecule has 0 aromatic carbocycles. The van der Waals surface area contributed by atoms with Gasteiger partial charge in [0, 0.05) is 11.7 Å². The predicted molar refractivity (Wildman–Crippen MR) is 75.1 cm³/mol. The van der Waals surface area contributed by atoms with Gasteiger partial charge in [0.15, 0.2) is 0 Å². The second kappa shape index (κ2) is 12.8. The van der Waals surface area contributed by atoms with Crippen molar-refractivity contribution >= 4 is 18.0 Å². The van der Waals surface area contributed by atoms with Crippen molar-refractivity contribution in [1.29, 1.82) is 0 Å². The highest BCUT2D eigenvalue weighted by atomic mass is 32.2. The van der Waals surface area contributed by atoms with Crippen molar-refractivity contribution in [1.82, 2.24) is 0 Å². The Morgan fingerprint density at radius 2 is 1.81 bits per heavy atom. The van der Waals surface area contributed by atoms with Crippen molar-refractivity contribution in [3.63, 3.8) is 0 Å². The summed E-state index contributed by atoms with van der Waals surface area (Å²) in [6.07, 6.45) is 14.0. The van der Waals surface area contributed by atoms with Crippen molar-refractivity contribution in [2.75, 3.05) is 5.75 Å². The molecule has 0 heterocycles. The summed E-state index contributed by atoms with van der Waals surface area (Å²) in [4.78, 5) is 10.3. The van der Waals surface area contributed by atoms with Gasteiger partial charge in [-0.1, -0.05) is 38.3 Å². The van der Waals surface area contributed by atoms with Crippen LogP contribution in [0.2, 0.25) is 0 Å². The first-order chi connectivity index (χ1) is 7.81. The molecule has 0 aromatic rings. The van der Waals surface area contributed by atoms with Gasteiger partial charge in [0.1, 0.15) is 6.29 Å². The van der Waals surface area contributed by atoms with E-state index in [1.807, 2.05) is 11.8 Å². The largest absolute Gasteiger partial charge is 0.303 e. The molecule has 0 aliphatic rings. The van der Waals surface area contributed by atoms with Gasteiger partial charge in [0.2, 0.25) is 0 Å². The van der Waals surface area contributed by atoms with E-state index in [1.165, 1.54) is 44.3 Å². The summed E-state index contributed by atoms with van der Waals surface area (Å²) in [5, 5.41) is 0.507. The Bertz CT molecular complexity index is 178. The smallest absolute Gasteiger partial charge is 0.121 e. The number of rotatable bonds is 11. The molecule has 1 unspecified atom stereocenters. The predicted octanol–water partition coefficient (Wildman–Crippen LogP) is 4.61. The standard InChI is InChI=1S/C14H26OS/c1-3-4-5-6-7-8-9-10-13-16-14(2)11-12-15/h3-4,12,14H,5-11,13H2,1-2H3/b4-3-. The second-order valence-corrected chi connectivity index (χ2v) is 5.76. The fourth-order valence-electron chi connectivity index (χ4n) is 1.55. The highest BCUT2D eigenvalue weighted by molar-refractivity contribution is 7.99. The zero-order valence-electron chi connectivity index (χ0n) is 10.8. The Morgan fingerprint density at radius 3 is 2.50 bits per heavy atom. The molecule has 1 nitrogen and oxygen atoms in total. The molecule has 0 N–H and O–H groups in total. The number of hydrogen-bond donors (Lipinski definition) is 0. The van der Waals surface area contributed by atoms with Crippen LogP contribution in [0.15, 0.2) is 12.2 Å². The summed E-state index contributed by atoms with van der Waals surface area (Å²) in [7, 11) is 0. The van der Waals surface area contributed by atoms with Gasteiger partial charge in [0.25, 0.3) is 0 Å². The van der Waals surface area contributed by atoms with Crippen molar-refractivity contribution in [3.8, 4) is 0 Å². The summed E-state index contributed by atoms with van der Waals surface area (Å²) in [6, 6.07) is 0. The Hall–Kier alpha value is -0.240. The molecule has 16 heavy (non-hydrogen) atoms. The van der Waals surface area contributed by atoms with E-state index in [0.29, 0.717) is 11.7 Å². The molecule has 0 bridgehead atoms. The second-order valence-electron chi connectivity index (χ2n) is 4.21. The number of carbonyl (C=O) groups is 1. The molecule has 0 spiro atoms. The highest BCUT2D eigenvalue weighted by Gasteiger charge is 2.00. The Labute approximate surface area is 105 Å². The molecule has 0 fully saturated rings. The molecule has 0 saturated carbocycles. The van der Waals surface area contributed by atoms with Crippen LogP contribution in [-0.4, -0.2) is 17.3 Å². The molecule has 0 radical (unpaired) electrons. The van der Waals surface area contributed by atoms with Crippen molar-refractivity contribution < 1.29 is 4.79 Å². The highest BCUT2D eigenvalue weighted by Crippen LogP contribution is 2.16. The maximum absolute atomic E-state index is 10.3. The van der Waals surface area contributed by atoms with Crippen molar-refractivity contribution in [2.24, 2.45) is 0 Å². The molecule has 0 aliphatic carbocycles. The molecule has 94 valence electrons. The average Bonchev–Trinajstić information content (AvgIpc) is 2.27. The summed E-state index contributed by atoms with van der Waals surface area (Å²) < 4.78 is 0. The van der Waals surface area contributed by atoms with Gasteiger partial charge in [-0.2, -0.15) is 11.8 Å². The van der Waals surface area contributed by atoms with E-state index in [4.69, 9.17) is 0 Å². The van der Waals surface area contributed by atoms with Crippen LogP contribution in [0.25, 0.3) is 0 Å². The average molecular weight is 242 g/mol. The van der Waals surface area contributed by atoms with Crippen LogP contribution in [0.5, 0.6) is 0 Å². The van der Waals surface area contributed by atoms with E-state index in [-0.39, 0.29) is 0 Å². The van der Waals surface area contributed by atoms with E-state index in [0.717, 1.165) is 6.29 Å².